The average Bonchev–Trinajstić information content (AvgIpc) is 2.92. The van der Waals surface area contributed by atoms with Gasteiger partial charge in [-0.15, -0.1) is 0 Å². The fraction of sp³-hybridized carbons (Fsp3) is 0.909. The molecule has 0 aromatic carbocycles. The van der Waals surface area contributed by atoms with Gasteiger partial charge in [0.05, 0.1) is 12.4 Å². The number of nitrogens with zero attached hydrogens (tertiary/aromatic N) is 2. The molecule has 104 valence electrons. The predicted molar refractivity (Wildman–Crippen MR) is 66.7 cm³/mol. The van der Waals surface area contributed by atoms with Crippen LogP contribution in [0.25, 0.3) is 0 Å². The lowest BCUT2D eigenvalue weighted by atomic mass is 10.4. The highest BCUT2D eigenvalue weighted by Gasteiger charge is 2.36. The van der Waals surface area contributed by atoms with Crippen LogP contribution in [0.1, 0.15) is 25.7 Å². The minimum absolute atomic E-state index is 0.206. The minimum atomic E-state index is -3.16. The van der Waals surface area contributed by atoms with Crippen LogP contribution in [-0.2, 0) is 14.8 Å². The highest BCUT2D eigenvalue weighted by Crippen LogP contribution is 2.27. The van der Waals surface area contributed by atoms with Gasteiger partial charge in [0.1, 0.15) is 0 Å². The first-order valence-corrected chi connectivity index (χ1v) is 7.88. The Kier molecular flexibility index (Phi) is 4.11. The molecular formula is C11H20N2O4S. The molecule has 1 saturated carbocycles. The minimum Gasteiger partial charge on any atom is -0.453 e. The maximum atomic E-state index is 12.3. The van der Waals surface area contributed by atoms with E-state index in [2.05, 4.69) is 4.74 Å². The molecule has 0 atom stereocenters. The summed E-state index contributed by atoms with van der Waals surface area (Å²) in [6, 6.07) is 0. The van der Waals surface area contributed by atoms with Crippen LogP contribution in [0, 0.1) is 0 Å². The van der Waals surface area contributed by atoms with E-state index < -0.39 is 10.0 Å². The van der Waals surface area contributed by atoms with Gasteiger partial charge in [-0.05, 0) is 12.8 Å². The quantitative estimate of drug-likeness (QED) is 0.742. The largest absolute Gasteiger partial charge is 0.453 e. The number of amides is 1. The monoisotopic (exact) mass is 276 g/mol. The molecule has 0 N–H and O–H groups in total. The van der Waals surface area contributed by atoms with Gasteiger partial charge in [0, 0.05) is 26.2 Å². The number of ether oxygens (including phenoxy) is 1. The van der Waals surface area contributed by atoms with E-state index in [9.17, 15) is 13.2 Å². The number of carbonyl (C=O) groups excluding carboxylic acids is 1. The van der Waals surface area contributed by atoms with E-state index in [-0.39, 0.29) is 11.3 Å². The van der Waals surface area contributed by atoms with Crippen molar-refractivity contribution in [2.24, 2.45) is 0 Å². The van der Waals surface area contributed by atoms with Crippen LogP contribution in [0.2, 0.25) is 0 Å². The Bertz CT molecular complexity index is 395. The highest BCUT2D eigenvalue weighted by atomic mass is 32.2. The summed E-state index contributed by atoms with van der Waals surface area (Å²) in [6.45, 7) is 1.60. The molecule has 1 aliphatic carbocycles. The van der Waals surface area contributed by atoms with Gasteiger partial charge < -0.3 is 9.64 Å². The first kappa shape index (κ1) is 13.6. The molecule has 0 radical (unpaired) electrons. The molecule has 0 aromatic heterocycles. The van der Waals surface area contributed by atoms with E-state index in [1.165, 1.54) is 11.4 Å². The van der Waals surface area contributed by atoms with Crippen molar-refractivity contribution in [3.8, 4) is 0 Å². The molecule has 1 amide bonds. The molecule has 1 aliphatic heterocycles. The zero-order valence-electron chi connectivity index (χ0n) is 10.7. The van der Waals surface area contributed by atoms with Crippen LogP contribution in [-0.4, -0.2) is 62.3 Å². The maximum absolute atomic E-state index is 12.3. The Hall–Kier alpha value is -0.820. The van der Waals surface area contributed by atoms with Crippen molar-refractivity contribution in [2.75, 3.05) is 33.3 Å². The molecule has 1 heterocycles. The lowest BCUT2D eigenvalue weighted by Crippen LogP contribution is -2.52. The number of methoxy groups -OCH3 is 1. The smallest absolute Gasteiger partial charge is 0.409 e. The summed E-state index contributed by atoms with van der Waals surface area (Å²) >= 11 is 0. The van der Waals surface area contributed by atoms with Gasteiger partial charge >= 0.3 is 6.09 Å². The van der Waals surface area contributed by atoms with Gasteiger partial charge in [-0.2, -0.15) is 4.31 Å². The van der Waals surface area contributed by atoms with Gasteiger partial charge in [0.25, 0.3) is 0 Å². The number of hydrogen-bond donors (Lipinski definition) is 0. The molecule has 7 heteroatoms. The zero-order valence-corrected chi connectivity index (χ0v) is 11.5. The number of sulfonamides is 1. The lowest BCUT2D eigenvalue weighted by Gasteiger charge is -2.34. The van der Waals surface area contributed by atoms with E-state index in [1.807, 2.05) is 0 Å². The molecule has 18 heavy (non-hydrogen) atoms. The van der Waals surface area contributed by atoms with Gasteiger partial charge in [-0.25, -0.2) is 13.2 Å². The summed E-state index contributed by atoms with van der Waals surface area (Å²) < 4.78 is 30.8. The summed E-state index contributed by atoms with van der Waals surface area (Å²) in [5.74, 6) is 0. The topological polar surface area (TPSA) is 66.9 Å². The van der Waals surface area contributed by atoms with Crippen LogP contribution in [0.3, 0.4) is 0 Å². The number of rotatable bonds is 2. The van der Waals surface area contributed by atoms with Crippen molar-refractivity contribution in [1.29, 1.82) is 0 Å². The average molecular weight is 276 g/mol. The molecule has 2 rings (SSSR count). The van der Waals surface area contributed by atoms with Crippen molar-refractivity contribution in [3.63, 3.8) is 0 Å². The van der Waals surface area contributed by atoms with Gasteiger partial charge in [-0.1, -0.05) is 12.8 Å². The Morgan fingerprint density at radius 1 is 1.11 bits per heavy atom. The van der Waals surface area contributed by atoms with E-state index in [4.69, 9.17) is 0 Å². The first-order chi connectivity index (χ1) is 8.55. The van der Waals surface area contributed by atoms with Crippen LogP contribution >= 0.6 is 0 Å². The molecule has 1 saturated heterocycles. The van der Waals surface area contributed by atoms with E-state index in [0.717, 1.165) is 25.7 Å². The summed E-state index contributed by atoms with van der Waals surface area (Å²) in [5, 5.41) is -0.206. The van der Waals surface area contributed by atoms with E-state index >= 15 is 0 Å². The van der Waals surface area contributed by atoms with Gasteiger partial charge in [0.15, 0.2) is 0 Å². The van der Waals surface area contributed by atoms with Crippen LogP contribution < -0.4 is 0 Å². The SMILES string of the molecule is COC(=O)N1CCN(S(=O)(=O)C2CCCC2)CC1. The number of piperazine rings is 1. The summed E-state index contributed by atoms with van der Waals surface area (Å²) in [5.41, 5.74) is 0. The van der Waals surface area contributed by atoms with Crippen molar-refractivity contribution in [1.82, 2.24) is 9.21 Å². The highest BCUT2D eigenvalue weighted by molar-refractivity contribution is 7.89. The molecule has 0 aromatic rings. The number of hydrogen-bond acceptors (Lipinski definition) is 4. The molecule has 6 nitrogen and oxygen atoms in total. The zero-order chi connectivity index (χ0) is 13.2. The molecule has 0 unspecified atom stereocenters. The molecular weight excluding hydrogens is 256 g/mol. The molecule has 2 fully saturated rings. The predicted octanol–water partition coefficient (Wildman–Crippen LogP) is 0.643. The van der Waals surface area contributed by atoms with Crippen LogP contribution in [0.4, 0.5) is 4.79 Å². The second-order valence-electron chi connectivity index (χ2n) is 4.81. The van der Waals surface area contributed by atoms with Crippen molar-refractivity contribution >= 4 is 16.1 Å². The molecule has 0 spiro atoms. The Morgan fingerprint density at radius 2 is 1.67 bits per heavy atom. The van der Waals surface area contributed by atoms with Crippen LogP contribution in [0.15, 0.2) is 0 Å². The fourth-order valence-corrected chi connectivity index (χ4v) is 4.67. The van der Waals surface area contributed by atoms with Crippen molar-refractivity contribution in [3.05, 3.63) is 0 Å². The lowest BCUT2D eigenvalue weighted by molar-refractivity contribution is 0.107. The summed E-state index contributed by atoms with van der Waals surface area (Å²) in [7, 11) is -1.83. The van der Waals surface area contributed by atoms with Crippen LogP contribution in [0.5, 0.6) is 0 Å². The maximum Gasteiger partial charge on any atom is 0.409 e. The van der Waals surface area contributed by atoms with E-state index in [1.54, 1.807) is 4.90 Å². The Morgan fingerprint density at radius 3 is 2.17 bits per heavy atom. The molecule has 0 bridgehead atoms. The second kappa shape index (κ2) is 5.44. The van der Waals surface area contributed by atoms with E-state index in [0.29, 0.717) is 26.2 Å². The number of carbonyl (C=O) groups is 1. The second-order valence-corrected chi connectivity index (χ2v) is 7.02. The third-order valence-electron chi connectivity index (χ3n) is 3.75. The van der Waals surface area contributed by atoms with Crippen molar-refractivity contribution < 1.29 is 17.9 Å². The summed E-state index contributed by atoms with van der Waals surface area (Å²) in [6.07, 6.45) is 3.19. The van der Waals surface area contributed by atoms with Crippen molar-refractivity contribution in [2.45, 2.75) is 30.9 Å². The standard InChI is InChI=1S/C11H20N2O4S/c1-17-11(14)12-6-8-13(9-7-12)18(15,16)10-4-2-3-5-10/h10H,2-9H2,1H3. The summed E-state index contributed by atoms with van der Waals surface area (Å²) in [4.78, 5) is 12.9. The Balaban J connectivity index is 1.94. The third-order valence-corrected chi connectivity index (χ3v) is 6.15. The Labute approximate surface area is 108 Å². The normalized spacial score (nSPS) is 23.3. The first-order valence-electron chi connectivity index (χ1n) is 6.37. The van der Waals surface area contributed by atoms with Gasteiger partial charge in [-0.3, -0.25) is 0 Å². The fourth-order valence-electron chi connectivity index (χ4n) is 2.65. The third kappa shape index (κ3) is 2.61. The molecule has 2 aliphatic rings. The van der Waals surface area contributed by atoms with Gasteiger partial charge in [0.2, 0.25) is 10.0 Å².